The second-order valence-corrected chi connectivity index (χ2v) is 4.28. The Morgan fingerprint density at radius 1 is 1.35 bits per heavy atom. The molecule has 1 aromatic heterocycles. The molecule has 1 saturated heterocycles. The molecule has 0 saturated carbocycles. The number of rotatable bonds is 0. The highest BCUT2D eigenvalue weighted by atomic mass is 19.4. The Bertz CT molecular complexity index is 447. The molecule has 0 spiro atoms. The van der Waals surface area contributed by atoms with Gasteiger partial charge in [0, 0.05) is 18.7 Å². The minimum absolute atomic E-state index is 0.00599. The maximum atomic E-state index is 12.5. The van der Waals surface area contributed by atoms with Crippen LogP contribution in [0.4, 0.5) is 13.2 Å². The topological polar surface area (TPSA) is 34.1 Å². The number of morpholine rings is 1. The fraction of sp³-hybridized carbons (Fsp3) is 0.545. The Morgan fingerprint density at radius 3 is 2.94 bits per heavy atom. The van der Waals surface area contributed by atoms with Crippen LogP contribution in [-0.2, 0) is 17.3 Å². The largest absolute Gasteiger partial charge is 0.433 e. The van der Waals surface area contributed by atoms with Crippen molar-refractivity contribution in [1.29, 1.82) is 0 Å². The smallest absolute Gasteiger partial charge is 0.375 e. The summed E-state index contributed by atoms with van der Waals surface area (Å²) in [7, 11) is 0. The van der Waals surface area contributed by atoms with Crippen molar-refractivity contribution in [2.24, 2.45) is 0 Å². The van der Waals surface area contributed by atoms with Crippen LogP contribution in [0.1, 0.15) is 23.0 Å². The van der Waals surface area contributed by atoms with Gasteiger partial charge in [-0.1, -0.05) is 6.07 Å². The van der Waals surface area contributed by atoms with Gasteiger partial charge in [-0.3, -0.25) is 0 Å². The number of pyridine rings is 1. The molecule has 2 atom stereocenters. The standard InChI is InChI=1S/C11H11F3N2O/c12-11(13,14)9-2-1-6-7(16-9)5-8-10(6)15-3-4-17-8/h1-2,8,10,15H,3-5H2. The van der Waals surface area contributed by atoms with Crippen molar-refractivity contribution >= 4 is 0 Å². The maximum absolute atomic E-state index is 12.5. The average Bonchev–Trinajstić information content (AvgIpc) is 2.65. The first-order valence-electron chi connectivity index (χ1n) is 5.48. The number of aromatic nitrogens is 1. The van der Waals surface area contributed by atoms with E-state index in [1.54, 1.807) is 0 Å². The third-order valence-corrected chi connectivity index (χ3v) is 3.20. The number of fused-ring (bicyclic) bond motifs is 3. The molecule has 1 fully saturated rings. The summed E-state index contributed by atoms with van der Waals surface area (Å²) < 4.78 is 43.1. The molecule has 92 valence electrons. The van der Waals surface area contributed by atoms with Gasteiger partial charge in [-0.2, -0.15) is 13.2 Å². The fourth-order valence-electron chi connectivity index (χ4n) is 2.45. The van der Waals surface area contributed by atoms with Gasteiger partial charge in [0.2, 0.25) is 0 Å². The van der Waals surface area contributed by atoms with Crippen LogP contribution in [0.25, 0.3) is 0 Å². The van der Waals surface area contributed by atoms with Crippen molar-refractivity contribution in [3.63, 3.8) is 0 Å². The first-order valence-corrected chi connectivity index (χ1v) is 5.48. The van der Waals surface area contributed by atoms with Crippen molar-refractivity contribution in [2.75, 3.05) is 13.2 Å². The van der Waals surface area contributed by atoms with Gasteiger partial charge in [0.15, 0.2) is 0 Å². The van der Waals surface area contributed by atoms with Crippen LogP contribution in [0.5, 0.6) is 0 Å². The van der Waals surface area contributed by atoms with Crippen molar-refractivity contribution in [2.45, 2.75) is 24.7 Å². The summed E-state index contributed by atoms with van der Waals surface area (Å²) in [5, 5.41) is 3.25. The predicted molar refractivity (Wildman–Crippen MR) is 53.4 cm³/mol. The molecule has 1 aliphatic carbocycles. The Balaban J connectivity index is 1.97. The number of halogens is 3. The molecule has 2 aliphatic rings. The summed E-state index contributed by atoms with van der Waals surface area (Å²) in [4.78, 5) is 3.70. The lowest BCUT2D eigenvalue weighted by Crippen LogP contribution is -2.39. The molecule has 1 N–H and O–H groups in total. The van der Waals surface area contributed by atoms with E-state index in [1.165, 1.54) is 6.07 Å². The van der Waals surface area contributed by atoms with Crippen LogP contribution in [0.15, 0.2) is 12.1 Å². The molecule has 6 heteroatoms. The van der Waals surface area contributed by atoms with E-state index >= 15 is 0 Å². The normalized spacial score (nSPS) is 27.7. The van der Waals surface area contributed by atoms with E-state index < -0.39 is 11.9 Å². The van der Waals surface area contributed by atoms with Crippen molar-refractivity contribution in [3.05, 3.63) is 29.1 Å². The summed E-state index contributed by atoms with van der Waals surface area (Å²) in [6.07, 6.45) is -4.00. The predicted octanol–water partition coefficient (Wildman–Crippen LogP) is 1.69. The highest BCUT2D eigenvalue weighted by Crippen LogP contribution is 2.36. The molecule has 17 heavy (non-hydrogen) atoms. The van der Waals surface area contributed by atoms with E-state index in [1.807, 2.05) is 0 Å². The Kier molecular flexibility index (Phi) is 2.38. The zero-order chi connectivity index (χ0) is 12.0. The summed E-state index contributed by atoms with van der Waals surface area (Å²) in [6, 6.07) is 2.54. The summed E-state index contributed by atoms with van der Waals surface area (Å²) in [6.45, 7) is 1.32. The lowest BCUT2D eigenvalue weighted by molar-refractivity contribution is -0.141. The van der Waals surface area contributed by atoms with Gasteiger partial charge in [0.1, 0.15) is 5.69 Å². The molecular formula is C11H11F3N2O. The molecule has 1 aliphatic heterocycles. The quantitative estimate of drug-likeness (QED) is 0.754. The van der Waals surface area contributed by atoms with Crippen LogP contribution in [0.3, 0.4) is 0 Å². The minimum atomic E-state index is -4.38. The Labute approximate surface area is 96.0 Å². The van der Waals surface area contributed by atoms with Crippen molar-refractivity contribution in [1.82, 2.24) is 10.3 Å². The Morgan fingerprint density at radius 2 is 2.18 bits per heavy atom. The van der Waals surface area contributed by atoms with E-state index in [2.05, 4.69) is 10.3 Å². The zero-order valence-electron chi connectivity index (χ0n) is 8.92. The molecule has 0 bridgehead atoms. The zero-order valence-corrected chi connectivity index (χ0v) is 8.92. The first kappa shape index (κ1) is 11.0. The van der Waals surface area contributed by atoms with Gasteiger partial charge < -0.3 is 10.1 Å². The number of alkyl halides is 3. The second kappa shape index (κ2) is 3.68. The molecule has 0 radical (unpaired) electrons. The van der Waals surface area contributed by atoms with Crippen LogP contribution in [0, 0.1) is 0 Å². The van der Waals surface area contributed by atoms with E-state index in [0.717, 1.165) is 18.2 Å². The van der Waals surface area contributed by atoms with Gasteiger partial charge in [-0.05, 0) is 11.6 Å². The van der Waals surface area contributed by atoms with Crippen LogP contribution >= 0.6 is 0 Å². The summed E-state index contributed by atoms with van der Waals surface area (Å²) >= 11 is 0. The molecule has 1 aromatic rings. The van der Waals surface area contributed by atoms with Crippen molar-refractivity contribution in [3.8, 4) is 0 Å². The van der Waals surface area contributed by atoms with Gasteiger partial charge >= 0.3 is 6.18 Å². The molecule has 0 amide bonds. The van der Waals surface area contributed by atoms with E-state index in [4.69, 9.17) is 4.74 Å². The van der Waals surface area contributed by atoms with Crippen LogP contribution < -0.4 is 5.32 Å². The summed E-state index contributed by atoms with van der Waals surface area (Å²) in [5.41, 5.74) is 0.516. The van der Waals surface area contributed by atoms with Gasteiger partial charge in [-0.25, -0.2) is 4.98 Å². The van der Waals surface area contributed by atoms with Gasteiger partial charge in [0.05, 0.1) is 18.8 Å². The molecule has 2 unspecified atom stereocenters. The average molecular weight is 244 g/mol. The lowest BCUT2D eigenvalue weighted by atomic mass is 10.1. The number of nitrogens with zero attached hydrogens (tertiary/aromatic N) is 1. The molecule has 3 nitrogen and oxygen atoms in total. The second-order valence-electron chi connectivity index (χ2n) is 4.28. The van der Waals surface area contributed by atoms with Gasteiger partial charge in [-0.15, -0.1) is 0 Å². The van der Waals surface area contributed by atoms with E-state index in [0.29, 0.717) is 18.7 Å². The summed E-state index contributed by atoms with van der Waals surface area (Å²) in [5.74, 6) is 0. The van der Waals surface area contributed by atoms with Crippen molar-refractivity contribution < 1.29 is 17.9 Å². The third kappa shape index (κ3) is 1.81. The van der Waals surface area contributed by atoms with E-state index in [-0.39, 0.29) is 12.1 Å². The lowest BCUT2D eigenvalue weighted by Gasteiger charge is -2.27. The first-order chi connectivity index (χ1) is 8.05. The fourth-order valence-corrected chi connectivity index (χ4v) is 2.45. The van der Waals surface area contributed by atoms with Crippen LogP contribution in [-0.4, -0.2) is 24.2 Å². The number of nitrogens with one attached hydrogen (secondary N) is 1. The SMILES string of the molecule is FC(F)(F)c1ccc2c(n1)CC1OCCNC21. The Hall–Kier alpha value is -1.14. The molecule has 2 heterocycles. The minimum Gasteiger partial charge on any atom is -0.375 e. The maximum Gasteiger partial charge on any atom is 0.433 e. The highest BCUT2D eigenvalue weighted by Gasteiger charge is 2.39. The molecule has 0 aromatic carbocycles. The number of hydrogen-bond donors (Lipinski definition) is 1. The third-order valence-electron chi connectivity index (χ3n) is 3.20. The van der Waals surface area contributed by atoms with Crippen LogP contribution in [0.2, 0.25) is 0 Å². The highest BCUT2D eigenvalue weighted by molar-refractivity contribution is 5.34. The monoisotopic (exact) mass is 244 g/mol. The molecule has 3 rings (SSSR count). The number of hydrogen-bond acceptors (Lipinski definition) is 3. The number of ether oxygens (including phenoxy) is 1. The van der Waals surface area contributed by atoms with E-state index in [9.17, 15) is 13.2 Å². The van der Waals surface area contributed by atoms with Gasteiger partial charge in [0.25, 0.3) is 0 Å². The molecular weight excluding hydrogens is 233 g/mol.